The number of carboxylic acid groups (broad SMARTS) is 1. The predicted octanol–water partition coefficient (Wildman–Crippen LogP) is 5.84. The number of amides is 1. The summed E-state index contributed by atoms with van der Waals surface area (Å²) in [5, 5.41) is 12.2. The van der Waals surface area contributed by atoms with Gasteiger partial charge < -0.3 is 10.4 Å². The Balaban J connectivity index is 1.17. The van der Waals surface area contributed by atoms with Crippen molar-refractivity contribution in [1.82, 2.24) is 0 Å². The van der Waals surface area contributed by atoms with E-state index in [-0.39, 0.29) is 11.7 Å². The third-order valence-electron chi connectivity index (χ3n) is 6.69. The number of hydrogen-bond donors (Lipinski definition) is 2. The van der Waals surface area contributed by atoms with Crippen LogP contribution in [-0.4, -0.2) is 28.5 Å². The number of rotatable bonds is 7. The van der Waals surface area contributed by atoms with Crippen molar-refractivity contribution in [2.45, 2.75) is 24.2 Å². The van der Waals surface area contributed by atoms with Crippen LogP contribution in [0.2, 0.25) is 0 Å². The second kappa shape index (κ2) is 9.92. The van der Waals surface area contributed by atoms with Crippen molar-refractivity contribution in [2.24, 2.45) is 11.8 Å². The summed E-state index contributed by atoms with van der Waals surface area (Å²) in [5.41, 5.74) is 6.29. The zero-order valence-electron chi connectivity index (χ0n) is 19.1. The highest BCUT2D eigenvalue weighted by Crippen LogP contribution is 2.37. The minimum absolute atomic E-state index is 0.0798. The first kappa shape index (κ1) is 23.1. The number of hydrogen-bond acceptors (Lipinski definition) is 4. The number of Topliss-reactive ketones (excluding diaryl/α,β-unsaturated/α-hetero) is 1. The number of carbonyl (C=O) groups excluding carboxylic acids is 2. The van der Waals surface area contributed by atoms with Gasteiger partial charge in [0.05, 0.1) is 17.6 Å². The van der Waals surface area contributed by atoms with Crippen LogP contribution in [-0.2, 0) is 16.0 Å². The summed E-state index contributed by atoms with van der Waals surface area (Å²) >= 11 is 1.45. The Labute approximate surface area is 208 Å². The molecule has 6 heteroatoms. The highest BCUT2D eigenvalue weighted by Gasteiger charge is 2.33. The molecular formula is C29H25NO4S. The number of thioether (sulfide) groups is 1. The number of carbonyl (C=O) groups is 3. The fraction of sp³-hybridized carbons (Fsp3) is 0.207. The maximum Gasteiger partial charge on any atom is 0.307 e. The molecule has 176 valence electrons. The first-order valence-electron chi connectivity index (χ1n) is 11.7. The van der Waals surface area contributed by atoms with Gasteiger partial charge in [-0.15, -0.1) is 11.8 Å². The van der Waals surface area contributed by atoms with Crippen molar-refractivity contribution in [1.29, 1.82) is 0 Å². The van der Waals surface area contributed by atoms with E-state index in [9.17, 15) is 19.5 Å². The standard InChI is InChI=1S/C29H25NO4S/c31-27(19-9-14-24-20(16-19)15-18-5-1-2-6-23(18)24)17-35-22-12-10-21(11-13-22)30-28(32)25-7-3-4-8-26(25)29(33)34/h1-6,9-14,16,25-26H,7-8,15,17H2,(H,30,32)(H,33,34). The van der Waals surface area contributed by atoms with Gasteiger partial charge in [-0.25, -0.2) is 0 Å². The van der Waals surface area contributed by atoms with Crippen LogP contribution < -0.4 is 5.32 Å². The van der Waals surface area contributed by atoms with Gasteiger partial charge in [0.25, 0.3) is 0 Å². The van der Waals surface area contributed by atoms with Gasteiger partial charge in [-0.05, 0) is 71.8 Å². The lowest BCUT2D eigenvalue weighted by atomic mass is 9.82. The van der Waals surface area contributed by atoms with Gasteiger partial charge in [-0.3, -0.25) is 14.4 Å². The maximum absolute atomic E-state index is 12.8. The largest absolute Gasteiger partial charge is 0.481 e. The van der Waals surface area contributed by atoms with Gasteiger partial charge >= 0.3 is 5.97 Å². The SMILES string of the molecule is O=C(CSc1ccc(NC(=O)C2CC=CCC2C(=O)O)cc1)c1ccc2c(c1)Cc1ccccc1-2. The summed E-state index contributed by atoms with van der Waals surface area (Å²) in [6, 6.07) is 21.6. The molecule has 0 spiro atoms. The number of carboxylic acids is 1. The van der Waals surface area contributed by atoms with E-state index >= 15 is 0 Å². The summed E-state index contributed by atoms with van der Waals surface area (Å²) in [6.45, 7) is 0. The van der Waals surface area contributed by atoms with Crippen molar-refractivity contribution in [2.75, 3.05) is 11.1 Å². The zero-order valence-corrected chi connectivity index (χ0v) is 19.9. The Morgan fingerprint density at radius 2 is 1.57 bits per heavy atom. The summed E-state index contributed by atoms with van der Waals surface area (Å²) in [6.07, 6.45) is 5.33. The van der Waals surface area contributed by atoms with E-state index in [0.29, 0.717) is 24.3 Å². The van der Waals surface area contributed by atoms with Crippen LogP contribution in [0.15, 0.2) is 83.8 Å². The highest BCUT2D eigenvalue weighted by atomic mass is 32.2. The van der Waals surface area contributed by atoms with Gasteiger partial charge in [0.2, 0.25) is 5.91 Å². The molecule has 35 heavy (non-hydrogen) atoms. The van der Waals surface area contributed by atoms with Gasteiger partial charge in [0, 0.05) is 16.1 Å². The first-order valence-corrected chi connectivity index (χ1v) is 12.6. The molecule has 2 aliphatic carbocycles. The summed E-state index contributed by atoms with van der Waals surface area (Å²) in [5.74, 6) is -2.10. The minimum atomic E-state index is -0.946. The van der Waals surface area contributed by atoms with Crippen LogP contribution in [0.5, 0.6) is 0 Å². The Hall–Kier alpha value is -3.64. The van der Waals surface area contributed by atoms with Crippen LogP contribution >= 0.6 is 11.8 Å². The Kier molecular flexibility index (Phi) is 6.55. The normalized spacial score (nSPS) is 17.9. The number of nitrogens with one attached hydrogen (secondary N) is 1. The topological polar surface area (TPSA) is 83.5 Å². The average molecular weight is 484 g/mol. The zero-order chi connectivity index (χ0) is 24.4. The van der Waals surface area contributed by atoms with E-state index in [2.05, 4.69) is 17.4 Å². The van der Waals surface area contributed by atoms with E-state index in [4.69, 9.17) is 0 Å². The number of ketones is 1. The van der Waals surface area contributed by atoms with Gasteiger partial charge in [0.15, 0.2) is 5.78 Å². The Bertz CT molecular complexity index is 1330. The average Bonchev–Trinajstić information content (AvgIpc) is 3.26. The number of benzene rings is 3. The third kappa shape index (κ3) is 4.93. The molecule has 3 aromatic rings. The molecule has 0 aliphatic heterocycles. The second-order valence-electron chi connectivity index (χ2n) is 8.93. The highest BCUT2D eigenvalue weighted by molar-refractivity contribution is 8.00. The summed E-state index contributed by atoms with van der Waals surface area (Å²) in [7, 11) is 0. The van der Waals surface area contributed by atoms with Crippen LogP contribution in [0.4, 0.5) is 5.69 Å². The molecule has 5 rings (SSSR count). The lowest BCUT2D eigenvalue weighted by Crippen LogP contribution is -2.34. The molecule has 2 atom stereocenters. The molecule has 3 aromatic carbocycles. The van der Waals surface area contributed by atoms with Gasteiger partial charge in [-0.2, -0.15) is 0 Å². The molecule has 1 amide bonds. The number of allylic oxidation sites excluding steroid dienone is 2. The number of anilines is 1. The Morgan fingerprint density at radius 3 is 2.34 bits per heavy atom. The molecule has 0 saturated heterocycles. The van der Waals surface area contributed by atoms with Crippen LogP contribution in [0.3, 0.4) is 0 Å². The number of fused-ring (bicyclic) bond motifs is 3. The predicted molar refractivity (Wildman–Crippen MR) is 138 cm³/mol. The van der Waals surface area contributed by atoms with Crippen molar-refractivity contribution in [3.63, 3.8) is 0 Å². The molecule has 0 radical (unpaired) electrons. The maximum atomic E-state index is 12.8. The molecule has 2 N–H and O–H groups in total. The van der Waals surface area contributed by atoms with Crippen molar-refractivity contribution in [3.8, 4) is 11.1 Å². The van der Waals surface area contributed by atoms with E-state index < -0.39 is 17.8 Å². The lowest BCUT2D eigenvalue weighted by molar-refractivity contribution is -0.146. The molecule has 0 heterocycles. The molecule has 2 unspecified atom stereocenters. The van der Waals surface area contributed by atoms with Gasteiger partial charge in [-0.1, -0.05) is 48.6 Å². The molecule has 0 aromatic heterocycles. The van der Waals surface area contributed by atoms with Crippen LogP contribution in [0.25, 0.3) is 11.1 Å². The second-order valence-corrected chi connectivity index (χ2v) is 9.97. The number of aliphatic carboxylic acids is 1. The van der Waals surface area contributed by atoms with E-state index in [1.165, 1.54) is 34.0 Å². The summed E-state index contributed by atoms with van der Waals surface area (Å²) in [4.78, 5) is 37.9. The van der Waals surface area contributed by atoms with Gasteiger partial charge in [0.1, 0.15) is 0 Å². The monoisotopic (exact) mass is 483 g/mol. The minimum Gasteiger partial charge on any atom is -0.481 e. The fourth-order valence-corrected chi connectivity index (χ4v) is 5.59. The fourth-order valence-electron chi connectivity index (χ4n) is 4.80. The van der Waals surface area contributed by atoms with Crippen LogP contribution in [0, 0.1) is 11.8 Å². The van der Waals surface area contributed by atoms with Crippen LogP contribution in [0.1, 0.15) is 34.3 Å². The summed E-state index contributed by atoms with van der Waals surface area (Å²) < 4.78 is 0. The lowest BCUT2D eigenvalue weighted by Gasteiger charge is -2.24. The van der Waals surface area contributed by atoms with E-state index in [1.807, 2.05) is 54.6 Å². The molecule has 0 saturated carbocycles. The molecule has 5 nitrogen and oxygen atoms in total. The quantitative estimate of drug-likeness (QED) is 0.196. The molecule has 0 bridgehead atoms. The van der Waals surface area contributed by atoms with E-state index in [1.54, 1.807) is 12.1 Å². The van der Waals surface area contributed by atoms with Crippen molar-refractivity contribution < 1.29 is 19.5 Å². The molecule has 0 fully saturated rings. The molecular weight excluding hydrogens is 458 g/mol. The molecule has 2 aliphatic rings. The third-order valence-corrected chi connectivity index (χ3v) is 7.71. The Morgan fingerprint density at radius 1 is 0.857 bits per heavy atom. The smallest absolute Gasteiger partial charge is 0.307 e. The van der Waals surface area contributed by atoms with Crippen molar-refractivity contribution >= 4 is 35.1 Å². The van der Waals surface area contributed by atoms with Crippen molar-refractivity contribution in [3.05, 3.63) is 95.6 Å². The van der Waals surface area contributed by atoms with E-state index in [0.717, 1.165) is 16.9 Å². The first-order chi connectivity index (χ1) is 17.0.